The number of nitrogens with one attached hydrogen (secondary N) is 1. The Morgan fingerprint density at radius 3 is 2.61 bits per heavy atom. The molecule has 9 nitrogen and oxygen atoms in total. The van der Waals surface area contributed by atoms with E-state index >= 15 is 0 Å². The van der Waals surface area contributed by atoms with E-state index in [-0.39, 0.29) is 17.3 Å². The summed E-state index contributed by atoms with van der Waals surface area (Å²) >= 11 is 0. The van der Waals surface area contributed by atoms with Crippen molar-refractivity contribution in [2.24, 2.45) is 5.73 Å². The summed E-state index contributed by atoms with van der Waals surface area (Å²) in [5.41, 5.74) is 9.34. The summed E-state index contributed by atoms with van der Waals surface area (Å²) in [5, 5.41) is 12.0. The molecule has 0 saturated heterocycles. The molecule has 0 bridgehead atoms. The summed E-state index contributed by atoms with van der Waals surface area (Å²) in [5.74, 6) is -1.08. The van der Waals surface area contributed by atoms with Crippen molar-refractivity contribution in [1.82, 2.24) is 24.5 Å². The quantitative estimate of drug-likeness (QED) is 0.500. The molecule has 3 aromatic heterocycles. The summed E-state index contributed by atoms with van der Waals surface area (Å²) in [7, 11) is 0. The van der Waals surface area contributed by atoms with Crippen LogP contribution in [-0.4, -0.2) is 36.4 Å². The SMILES string of the molecule is CCn1cc(NC(=O)c2cc(-c3cnn(CC)c3C)nc3ccccc23)c(C(N)=O)n1. The number of amides is 2. The van der Waals surface area contributed by atoms with Crippen LogP contribution in [0.3, 0.4) is 0 Å². The summed E-state index contributed by atoms with van der Waals surface area (Å²) < 4.78 is 3.43. The molecule has 4 aromatic rings. The molecule has 3 heterocycles. The largest absolute Gasteiger partial charge is 0.364 e. The molecule has 0 saturated carbocycles. The number of hydrogen-bond donors (Lipinski definition) is 2. The lowest BCUT2D eigenvalue weighted by molar-refractivity contribution is 0.0995. The first-order chi connectivity index (χ1) is 14.9. The number of primary amides is 1. The van der Waals surface area contributed by atoms with Crippen LogP contribution in [0.25, 0.3) is 22.2 Å². The molecule has 9 heteroatoms. The van der Waals surface area contributed by atoms with Gasteiger partial charge in [0.1, 0.15) is 0 Å². The fourth-order valence-corrected chi connectivity index (χ4v) is 3.56. The van der Waals surface area contributed by atoms with E-state index in [2.05, 4.69) is 15.5 Å². The second kappa shape index (κ2) is 8.02. The number of anilines is 1. The minimum Gasteiger partial charge on any atom is -0.364 e. The molecule has 0 fully saturated rings. The topological polar surface area (TPSA) is 121 Å². The van der Waals surface area contributed by atoms with Crippen LogP contribution in [0.1, 0.15) is 40.4 Å². The number of carbonyl (C=O) groups is 2. The molecule has 0 spiro atoms. The van der Waals surface area contributed by atoms with Gasteiger partial charge in [0, 0.05) is 35.9 Å². The maximum Gasteiger partial charge on any atom is 0.271 e. The number of carbonyl (C=O) groups excluding carboxylic acids is 2. The number of fused-ring (bicyclic) bond motifs is 1. The zero-order chi connectivity index (χ0) is 22.1. The third kappa shape index (κ3) is 3.65. The molecule has 3 N–H and O–H groups in total. The van der Waals surface area contributed by atoms with Crippen molar-refractivity contribution >= 4 is 28.4 Å². The number of aromatic nitrogens is 5. The molecular weight excluding hydrogens is 394 g/mol. The molecule has 158 valence electrons. The molecule has 0 aliphatic carbocycles. The van der Waals surface area contributed by atoms with E-state index in [1.807, 2.05) is 49.7 Å². The molecule has 0 radical (unpaired) electrons. The average molecular weight is 417 g/mol. The Kier molecular flexibility index (Phi) is 5.24. The van der Waals surface area contributed by atoms with E-state index in [9.17, 15) is 9.59 Å². The van der Waals surface area contributed by atoms with Gasteiger partial charge in [0.2, 0.25) is 0 Å². The van der Waals surface area contributed by atoms with Crippen LogP contribution in [0.4, 0.5) is 5.69 Å². The Labute approximate surface area is 178 Å². The highest BCUT2D eigenvalue weighted by Gasteiger charge is 2.20. The molecule has 0 atom stereocenters. The molecule has 4 rings (SSSR count). The summed E-state index contributed by atoms with van der Waals surface area (Å²) in [4.78, 5) is 29.8. The van der Waals surface area contributed by atoms with Gasteiger partial charge in [-0.25, -0.2) is 4.98 Å². The number of rotatable bonds is 6. The molecule has 2 amide bonds. The molecule has 0 aliphatic heterocycles. The number of aryl methyl sites for hydroxylation is 2. The van der Waals surface area contributed by atoms with Crippen LogP contribution in [0.5, 0.6) is 0 Å². The Morgan fingerprint density at radius 1 is 1.16 bits per heavy atom. The van der Waals surface area contributed by atoms with Crippen LogP contribution in [0.2, 0.25) is 0 Å². The number of para-hydroxylation sites is 1. The molecule has 31 heavy (non-hydrogen) atoms. The van der Waals surface area contributed by atoms with Crippen molar-refractivity contribution in [1.29, 1.82) is 0 Å². The Balaban J connectivity index is 1.81. The van der Waals surface area contributed by atoms with Crippen molar-refractivity contribution in [2.75, 3.05) is 5.32 Å². The van der Waals surface area contributed by atoms with Gasteiger partial charge < -0.3 is 11.1 Å². The highest BCUT2D eigenvalue weighted by atomic mass is 16.2. The molecule has 0 aliphatic rings. The van der Waals surface area contributed by atoms with E-state index in [0.29, 0.717) is 28.7 Å². The van der Waals surface area contributed by atoms with Crippen LogP contribution in [-0.2, 0) is 13.1 Å². The number of nitrogens with two attached hydrogens (primary N) is 1. The number of pyridine rings is 1. The first kappa shape index (κ1) is 20.3. The van der Waals surface area contributed by atoms with Crippen LogP contribution in [0, 0.1) is 6.92 Å². The normalized spacial score (nSPS) is 11.1. The second-order valence-corrected chi connectivity index (χ2v) is 7.10. The van der Waals surface area contributed by atoms with E-state index < -0.39 is 5.91 Å². The van der Waals surface area contributed by atoms with Gasteiger partial charge in [0.25, 0.3) is 11.8 Å². The Morgan fingerprint density at radius 2 is 1.94 bits per heavy atom. The Hall–Kier alpha value is -4.01. The van der Waals surface area contributed by atoms with E-state index in [4.69, 9.17) is 10.7 Å². The van der Waals surface area contributed by atoms with Crippen LogP contribution < -0.4 is 11.1 Å². The van der Waals surface area contributed by atoms with E-state index in [1.54, 1.807) is 23.1 Å². The lowest BCUT2D eigenvalue weighted by Crippen LogP contribution is -2.18. The van der Waals surface area contributed by atoms with Crippen molar-refractivity contribution in [3.8, 4) is 11.3 Å². The smallest absolute Gasteiger partial charge is 0.271 e. The second-order valence-electron chi connectivity index (χ2n) is 7.10. The first-order valence-electron chi connectivity index (χ1n) is 10.0. The highest BCUT2D eigenvalue weighted by molar-refractivity contribution is 6.14. The standard InChI is InChI=1S/C22H23N7O2/c1-4-28-12-19(20(27-28)21(23)30)26-22(31)15-10-18(16-11-24-29(5-2)13(16)3)25-17-9-7-6-8-14(15)17/h6-12H,4-5H2,1-3H3,(H2,23,30)(H,26,31). The van der Waals surface area contributed by atoms with Crippen molar-refractivity contribution in [2.45, 2.75) is 33.9 Å². The predicted molar refractivity (Wildman–Crippen MR) is 118 cm³/mol. The van der Waals surface area contributed by atoms with Gasteiger partial charge in [-0.15, -0.1) is 0 Å². The lowest BCUT2D eigenvalue weighted by atomic mass is 10.0. The maximum absolute atomic E-state index is 13.3. The number of benzene rings is 1. The minimum atomic E-state index is -0.703. The van der Waals surface area contributed by atoms with Gasteiger partial charge in [-0.1, -0.05) is 18.2 Å². The van der Waals surface area contributed by atoms with Gasteiger partial charge in [-0.05, 0) is 32.9 Å². The van der Waals surface area contributed by atoms with E-state index in [1.165, 1.54) is 0 Å². The zero-order valence-corrected chi connectivity index (χ0v) is 17.6. The monoisotopic (exact) mass is 417 g/mol. The van der Waals surface area contributed by atoms with Crippen molar-refractivity contribution in [3.05, 3.63) is 59.7 Å². The van der Waals surface area contributed by atoms with Gasteiger partial charge >= 0.3 is 0 Å². The van der Waals surface area contributed by atoms with Gasteiger partial charge in [0.15, 0.2) is 5.69 Å². The predicted octanol–water partition coefficient (Wildman–Crippen LogP) is 2.99. The summed E-state index contributed by atoms with van der Waals surface area (Å²) in [6.45, 7) is 7.15. The fourth-order valence-electron chi connectivity index (χ4n) is 3.56. The van der Waals surface area contributed by atoms with Gasteiger partial charge in [0.05, 0.1) is 28.7 Å². The van der Waals surface area contributed by atoms with Crippen molar-refractivity contribution in [3.63, 3.8) is 0 Å². The van der Waals surface area contributed by atoms with Gasteiger partial charge in [-0.2, -0.15) is 10.2 Å². The van der Waals surface area contributed by atoms with E-state index in [0.717, 1.165) is 17.8 Å². The first-order valence-corrected chi connectivity index (χ1v) is 10.0. The molecule has 1 aromatic carbocycles. The third-order valence-corrected chi connectivity index (χ3v) is 5.21. The minimum absolute atomic E-state index is 0.0221. The van der Waals surface area contributed by atoms with Crippen molar-refractivity contribution < 1.29 is 9.59 Å². The fraction of sp³-hybridized carbons (Fsp3) is 0.227. The number of nitrogens with zero attached hydrogens (tertiary/aromatic N) is 5. The van der Waals surface area contributed by atoms with Crippen LogP contribution in [0.15, 0.2) is 42.7 Å². The third-order valence-electron chi connectivity index (χ3n) is 5.21. The number of hydrogen-bond acceptors (Lipinski definition) is 5. The maximum atomic E-state index is 13.3. The van der Waals surface area contributed by atoms with Gasteiger partial charge in [-0.3, -0.25) is 19.0 Å². The zero-order valence-electron chi connectivity index (χ0n) is 17.6. The average Bonchev–Trinajstić information content (AvgIpc) is 3.35. The lowest BCUT2D eigenvalue weighted by Gasteiger charge is -2.10. The molecular formula is C22H23N7O2. The molecule has 0 unspecified atom stereocenters. The highest BCUT2D eigenvalue weighted by Crippen LogP contribution is 2.28. The summed E-state index contributed by atoms with van der Waals surface area (Å²) in [6, 6.07) is 9.17. The Bertz CT molecular complexity index is 1300. The summed E-state index contributed by atoms with van der Waals surface area (Å²) in [6.07, 6.45) is 3.35. The van der Waals surface area contributed by atoms with Crippen LogP contribution >= 0.6 is 0 Å².